The van der Waals surface area contributed by atoms with Crippen LogP contribution in [0.3, 0.4) is 0 Å². The van der Waals surface area contributed by atoms with E-state index in [-0.39, 0.29) is 18.0 Å². The van der Waals surface area contributed by atoms with Crippen LogP contribution in [0.4, 0.5) is 0 Å². The summed E-state index contributed by atoms with van der Waals surface area (Å²) in [7, 11) is 0. The Bertz CT molecular complexity index is 1040. The van der Waals surface area contributed by atoms with Crippen LogP contribution in [0, 0.1) is 6.92 Å². The predicted octanol–water partition coefficient (Wildman–Crippen LogP) is 4.25. The first-order valence-electron chi connectivity index (χ1n) is 8.87. The van der Waals surface area contributed by atoms with Crippen molar-refractivity contribution in [2.75, 3.05) is 0 Å². The molecule has 148 valence electrons. The van der Waals surface area contributed by atoms with E-state index >= 15 is 0 Å². The van der Waals surface area contributed by atoms with Gasteiger partial charge in [0, 0.05) is 24.0 Å². The van der Waals surface area contributed by atoms with Crippen molar-refractivity contribution in [1.29, 1.82) is 0 Å². The minimum absolute atomic E-state index is 0.192. The highest BCUT2D eigenvalue weighted by atomic mass is 35.5. The average Bonchev–Trinajstić information content (AvgIpc) is 2.72. The number of aryl methyl sites for hydroxylation is 1. The van der Waals surface area contributed by atoms with Gasteiger partial charge in [0.05, 0.1) is 16.1 Å². The zero-order chi connectivity index (χ0) is 20.8. The number of benzene rings is 2. The summed E-state index contributed by atoms with van der Waals surface area (Å²) in [4.78, 5) is 27.7. The minimum Gasteiger partial charge on any atom is -0.489 e. The van der Waals surface area contributed by atoms with Gasteiger partial charge in [-0.3, -0.25) is 9.78 Å². The lowest BCUT2D eigenvalue weighted by atomic mass is 10.1. The number of nitrogens with one attached hydrogen (secondary N) is 1. The van der Waals surface area contributed by atoms with Gasteiger partial charge in [-0.15, -0.1) is 0 Å². The summed E-state index contributed by atoms with van der Waals surface area (Å²) in [5, 5.41) is 12.0. The molecule has 1 aromatic heterocycles. The van der Waals surface area contributed by atoms with E-state index in [0.29, 0.717) is 22.9 Å². The van der Waals surface area contributed by atoms with E-state index in [1.807, 2.05) is 19.1 Å². The molecule has 0 unspecified atom stereocenters. The van der Waals surface area contributed by atoms with Crippen LogP contribution in [-0.4, -0.2) is 22.0 Å². The average molecular weight is 411 g/mol. The SMILES string of the molecule is Cc1ncccc1COc1ccc(Cl)c(C(=O)NCc2ccc(C(=O)O)cc2)c1. The quantitative estimate of drug-likeness (QED) is 0.607. The lowest BCUT2D eigenvalue weighted by Gasteiger charge is -2.11. The highest BCUT2D eigenvalue weighted by Gasteiger charge is 2.12. The van der Waals surface area contributed by atoms with Crippen molar-refractivity contribution in [3.05, 3.63) is 93.8 Å². The molecule has 0 spiro atoms. The molecule has 3 aromatic rings. The van der Waals surface area contributed by atoms with E-state index in [1.54, 1.807) is 36.5 Å². The molecule has 0 fully saturated rings. The number of pyridine rings is 1. The van der Waals surface area contributed by atoms with E-state index in [0.717, 1.165) is 16.8 Å². The number of hydrogen-bond donors (Lipinski definition) is 2. The maximum Gasteiger partial charge on any atom is 0.335 e. The van der Waals surface area contributed by atoms with E-state index in [9.17, 15) is 9.59 Å². The molecule has 0 aliphatic rings. The smallest absolute Gasteiger partial charge is 0.335 e. The number of carbonyl (C=O) groups excluding carboxylic acids is 1. The molecular weight excluding hydrogens is 392 g/mol. The molecule has 0 saturated carbocycles. The molecular formula is C22H19ClN2O4. The Kier molecular flexibility index (Phi) is 6.46. The van der Waals surface area contributed by atoms with Crippen molar-refractivity contribution in [3.8, 4) is 5.75 Å². The fourth-order valence-corrected chi connectivity index (χ4v) is 2.85. The largest absolute Gasteiger partial charge is 0.489 e. The minimum atomic E-state index is -0.995. The number of carboxylic acids is 1. The normalized spacial score (nSPS) is 10.4. The summed E-state index contributed by atoms with van der Waals surface area (Å²) >= 11 is 6.18. The summed E-state index contributed by atoms with van der Waals surface area (Å²) in [5.74, 6) is -0.820. The molecule has 0 radical (unpaired) electrons. The van der Waals surface area contributed by atoms with Gasteiger partial charge in [-0.25, -0.2) is 4.79 Å². The van der Waals surface area contributed by atoms with Gasteiger partial charge in [0.2, 0.25) is 0 Å². The number of aromatic carboxylic acids is 1. The zero-order valence-corrected chi connectivity index (χ0v) is 16.4. The molecule has 0 aliphatic heterocycles. The van der Waals surface area contributed by atoms with E-state index in [1.165, 1.54) is 12.1 Å². The fraction of sp³-hybridized carbons (Fsp3) is 0.136. The number of halogens is 1. The van der Waals surface area contributed by atoms with Crippen LogP contribution in [-0.2, 0) is 13.2 Å². The molecule has 0 atom stereocenters. The van der Waals surface area contributed by atoms with Gasteiger partial charge in [-0.1, -0.05) is 29.8 Å². The third-order valence-electron chi connectivity index (χ3n) is 4.35. The number of carboxylic acid groups (broad SMARTS) is 1. The van der Waals surface area contributed by atoms with Crippen molar-refractivity contribution in [3.63, 3.8) is 0 Å². The molecule has 2 N–H and O–H groups in total. The van der Waals surface area contributed by atoms with Crippen LogP contribution >= 0.6 is 11.6 Å². The highest BCUT2D eigenvalue weighted by Crippen LogP contribution is 2.23. The summed E-state index contributed by atoms with van der Waals surface area (Å²) in [6.45, 7) is 2.48. The molecule has 0 saturated heterocycles. The topological polar surface area (TPSA) is 88.5 Å². The van der Waals surface area contributed by atoms with Crippen molar-refractivity contribution in [1.82, 2.24) is 10.3 Å². The van der Waals surface area contributed by atoms with Crippen LogP contribution in [0.5, 0.6) is 5.75 Å². The number of rotatable bonds is 7. The number of aromatic nitrogens is 1. The van der Waals surface area contributed by atoms with Crippen LogP contribution < -0.4 is 10.1 Å². The summed E-state index contributed by atoms with van der Waals surface area (Å²) in [6, 6.07) is 15.0. The molecule has 0 bridgehead atoms. The van der Waals surface area contributed by atoms with Crippen molar-refractivity contribution in [2.24, 2.45) is 0 Å². The number of nitrogens with zero attached hydrogens (tertiary/aromatic N) is 1. The highest BCUT2D eigenvalue weighted by molar-refractivity contribution is 6.33. The molecule has 7 heteroatoms. The lowest BCUT2D eigenvalue weighted by Crippen LogP contribution is -2.23. The Hall–Kier alpha value is -3.38. The van der Waals surface area contributed by atoms with Gasteiger partial charge in [0.25, 0.3) is 5.91 Å². The molecule has 1 amide bonds. The molecule has 0 aliphatic carbocycles. The van der Waals surface area contributed by atoms with Gasteiger partial charge in [0.15, 0.2) is 0 Å². The third kappa shape index (κ3) is 5.33. The maximum absolute atomic E-state index is 12.5. The van der Waals surface area contributed by atoms with Crippen LogP contribution in [0.25, 0.3) is 0 Å². The molecule has 1 heterocycles. The van der Waals surface area contributed by atoms with Gasteiger partial charge in [0.1, 0.15) is 12.4 Å². The third-order valence-corrected chi connectivity index (χ3v) is 4.68. The Morgan fingerprint density at radius 3 is 2.59 bits per heavy atom. The first kappa shape index (κ1) is 20.4. The maximum atomic E-state index is 12.5. The Morgan fingerprint density at radius 2 is 1.90 bits per heavy atom. The van der Waals surface area contributed by atoms with Crippen LogP contribution in [0.15, 0.2) is 60.8 Å². The molecule has 6 nitrogen and oxygen atoms in total. The second kappa shape index (κ2) is 9.21. The monoisotopic (exact) mass is 410 g/mol. The number of ether oxygens (including phenoxy) is 1. The Labute approximate surface area is 173 Å². The zero-order valence-electron chi connectivity index (χ0n) is 15.7. The van der Waals surface area contributed by atoms with Gasteiger partial charge in [-0.05, 0) is 48.9 Å². The van der Waals surface area contributed by atoms with E-state index in [4.69, 9.17) is 21.4 Å². The van der Waals surface area contributed by atoms with Gasteiger partial charge < -0.3 is 15.2 Å². The number of carbonyl (C=O) groups is 2. The second-order valence-corrected chi connectivity index (χ2v) is 6.77. The van der Waals surface area contributed by atoms with Crippen molar-refractivity contribution >= 4 is 23.5 Å². The molecule has 3 rings (SSSR count). The number of amides is 1. The summed E-state index contributed by atoms with van der Waals surface area (Å²) in [6.07, 6.45) is 1.72. The lowest BCUT2D eigenvalue weighted by molar-refractivity contribution is 0.0696. The first-order valence-corrected chi connectivity index (χ1v) is 9.25. The second-order valence-electron chi connectivity index (χ2n) is 6.36. The molecule has 29 heavy (non-hydrogen) atoms. The first-order chi connectivity index (χ1) is 13.9. The molecule has 2 aromatic carbocycles. The fourth-order valence-electron chi connectivity index (χ4n) is 2.64. The van der Waals surface area contributed by atoms with Crippen molar-refractivity contribution in [2.45, 2.75) is 20.1 Å². The summed E-state index contributed by atoms with van der Waals surface area (Å²) < 4.78 is 5.78. The van der Waals surface area contributed by atoms with Gasteiger partial charge in [-0.2, -0.15) is 0 Å². The van der Waals surface area contributed by atoms with Crippen LogP contribution in [0.2, 0.25) is 5.02 Å². The Morgan fingerprint density at radius 1 is 1.14 bits per heavy atom. The Balaban J connectivity index is 1.64. The summed E-state index contributed by atoms with van der Waals surface area (Å²) in [5.41, 5.74) is 3.11. The van der Waals surface area contributed by atoms with E-state index < -0.39 is 5.97 Å². The number of hydrogen-bond acceptors (Lipinski definition) is 4. The van der Waals surface area contributed by atoms with Gasteiger partial charge >= 0.3 is 5.97 Å². The standard InChI is InChI=1S/C22H19ClN2O4/c1-14-17(3-2-10-24-14)13-29-18-8-9-20(23)19(11-18)21(26)25-12-15-4-6-16(7-5-15)22(27)28/h2-11H,12-13H2,1H3,(H,25,26)(H,27,28). The van der Waals surface area contributed by atoms with E-state index in [2.05, 4.69) is 10.3 Å². The van der Waals surface area contributed by atoms with Crippen molar-refractivity contribution < 1.29 is 19.4 Å². The predicted molar refractivity (Wildman–Crippen MR) is 109 cm³/mol. The van der Waals surface area contributed by atoms with Crippen LogP contribution in [0.1, 0.15) is 37.5 Å².